The zero-order valence-corrected chi connectivity index (χ0v) is 8.50. The zero-order chi connectivity index (χ0) is 10.5. The minimum atomic E-state index is -1.03. The third-order valence-corrected chi connectivity index (χ3v) is 4.33. The topological polar surface area (TPSA) is 83.6 Å². The second-order valence-corrected chi connectivity index (χ2v) is 5.24. The van der Waals surface area contributed by atoms with Gasteiger partial charge in [-0.05, 0) is 6.92 Å². The Bertz CT molecular complexity index is 352. The van der Waals surface area contributed by atoms with Crippen LogP contribution in [0.3, 0.4) is 0 Å². The number of carboxylic acid groups (broad SMARTS) is 1. The van der Waals surface area contributed by atoms with Gasteiger partial charge in [-0.15, -0.1) is 5.14 Å². The van der Waals surface area contributed by atoms with Crippen molar-refractivity contribution in [3.05, 3.63) is 11.3 Å². The number of nitrogens with two attached hydrogens (primary N) is 1. The van der Waals surface area contributed by atoms with Gasteiger partial charge >= 0.3 is 5.97 Å². The Labute approximate surface area is 84.0 Å². The Kier molecular flexibility index (Phi) is 2.04. The quantitative estimate of drug-likeness (QED) is 0.452. The van der Waals surface area contributed by atoms with Gasteiger partial charge in [0.25, 0.3) is 0 Å². The molecule has 0 radical (unpaired) electrons. The number of fused-ring (bicyclic) bond motifs is 1. The maximum atomic E-state index is 11.2. The summed E-state index contributed by atoms with van der Waals surface area (Å²) in [7, 11) is 0. The van der Waals surface area contributed by atoms with E-state index in [9.17, 15) is 9.59 Å². The average Bonchev–Trinajstić information content (AvgIpc) is 2.07. The number of carbonyl (C=O) groups excluding carboxylic acids is 1. The van der Waals surface area contributed by atoms with Gasteiger partial charge in [-0.2, -0.15) is 0 Å². The number of carbonyl (C=O) groups is 2. The predicted molar refractivity (Wildman–Crippen MR) is 52.0 cm³/mol. The highest BCUT2D eigenvalue weighted by Crippen LogP contribution is 2.34. The van der Waals surface area contributed by atoms with Gasteiger partial charge in [-0.1, -0.05) is 0 Å². The van der Waals surface area contributed by atoms with E-state index < -0.39 is 5.97 Å². The Morgan fingerprint density at radius 2 is 2.36 bits per heavy atom. The summed E-state index contributed by atoms with van der Waals surface area (Å²) in [4.78, 5) is 23.5. The molecule has 3 N–H and O–H groups in total. The van der Waals surface area contributed by atoms with Gasteiger partial charge in [0.2, 0.25) is 11.3 Å². The average molecular weight is 215 g/mol. The highest BCUT2D eigenvalue weighted by molar-refractivity contribution is 7.95. The first-order valence-electron chi connectivity index (χ1n) is 4.21. The molecule has 2 aliphatic rings. The molecule has 5 nitrogen and oxygen atoms in total. The summed E-state index contributed by atoms with van der Waals surface area (Å²) in [5.74, 6) is -0.567. The number of carboxylic acids is 1. The molecule has 76 valence electrons. The van der Waals surface area contributed by atoms with E-state index in [1.165, 1.54) is 4.90 Å². The summed E-state index contributed by atoms with van der Waals surface area (Å²) in [6, 6.07) is 0. The monoisotopic (exact) mass is 215 g/mol. The molecule has 0 aromatic carbocycles. The van der Waals surface area contributed by atoms with Crippen molar-refractivity contribution in [2.45, 2.75) is 18.7 Å². The smallest absolute Gasteiger partial charge is 0.352 e. The van der Waals surface area contributed by atoms with E-state index in [0.717, 1.165) is 0 Å². The SMILES string of the molecule is CC1=C(C(=O)O)N2C(=O)C[C@H]2[S+](N)C1. The molecule has 0 aliphatic carbocycles. The van der Waals surface area contributed by atoms with Crippen molar-refractivity contribution >= 4 is 23.0 Å². The van der Waals surface area contributed by atoms with Crippen LogP contribution in [0.15, 0.2) is 11.3 Å². The first kappa shape index (κ1) is 9.54. The molecular weight excluding hydrogens is 204 g/mol. The number of nitrogens with zero attached hydrogens (tertiary/aromatic N) is 1. The number of hydrogen-bond donors (Lipinski definition) is 2. The van der Waals surface area contributed by atoms with Crippen LogP contribution in [0.4, 0.5) is 0 Å². The van der Waals surface area contributed by atoms with Gasteiger partial charge in [0, 0.05) is 5.57 Å². The van der Waals surface area contributed by atoms with Crippen molar-refractivity contribution in [2.24, 2.45) is 5.14 Å². The van der Waals surface area contributed by atoms with Crippen molar-refractivity contribution in [1.29, 1.82) is 0 Å². The van der Waals surface area contributed by atoms with Crippen molar-refractivity contribution in [3.8, 4) is 0 Å². The predicted octanol–water partition coefficient (Wildman–Crippen LogP) is -0.591. The number of hydrogen-bond acceptors (Lipinski definition) is 3. The number of amides is 1. The zero-order valence-electron chi connectivity index (χ0n) is 7.69. The van der Waals surface area contributed by atoms with Crippen LogP contribution in [0.25, 0.3) is 0 Å². The number of rotatable bonds is 1. The fourth-order valence-corrected chi connectivity index (χ4v) is 3.48. The van der Waals surface area contributed by atoms with Gasteiger partial charge in [0.15, 0.2) is 5.75 Å². The van der Waals surface area contributed by atoms with Crippen LogP contribution in [0.5, 0.6) is 0 Å². The van der Waals surface area contributed by atoms with Gasteiger partial charge < -0.3 is 5.11 Å². The van der Waals surface area contributed by atoms with Crippen LogP contribution in [-0.4, -0.2) is 33.0 Å². The molecule has 0 saturated carbocycles. The van der Waals surface area contributed by atoms with Crippen molar-refractivity contribution in [3.63, 3.8) is 0 Å². The summed E-state index contributed by atoms with van der Waals surface area (Å²) in [6.07, 6.45) is 0.393. The van der Waals surface area contributed by atoms with Crippen LogP contribution in [-0.2, 0) is 20.7 Å². The summed E-state index contributed by atoms with van der Waals surface area (Å²) in [6.45, 7) is 1.72. The van der Waals surface area contributed by atoms with Crippen molar-refractivity contribution in [1.82, 2.24) is 4.90 Å². The molecule has 14 heavy (non-hydrogen) atoms. The summed E-state index contributed by atoms with van der Waals surface area (Å²) in [5, 5.41) is 14.7. The molecule has 0 aromatic heterocycles. The third kappa shape index (κ3) is 1.14. The normalized spacial score (nSPS) is 31.3. The van der Waals surface area contributed by atoms with E-state index in [0.29, 0.717) is 17.7 Å². The van der Waals surface area contributed by atoms with E-state index in [4.69, 9.17) is 10.2 Å². The molecule has 1 fully saturated rings. The number of β-lactam (4-membered cyclic amide) rings is 1. The Morgan fingerprint density at radius 3 is 2.86 bits per heavy atom. The van der Waals surface area contributed by atoms with Crippen LogP contribution >= 0.6 is 0 Å². The molecule has 2 heterocycles. The van der Waals surface area contributed by atoms with Gasteiger partial charge in [-0.3, -0.25) is 9.69 Å². The highest BCUT2D eigenvalue weighted by Gasteiger charge is 2.54. The second-order valence-electron chi connectivity index (χ2n) is 3.47. The van der Waals surface area contributed by atoms with Gasteiger partial charge in [0.1, 0.15) is 5.70 Å². The van der Waals surface area contributed by atoms with E-state index >= 15 is 0 Å². The van der Waals surface area contributed by atoms with E-state index in [-0.39, 0.29) is 28.1 Å². The summed E-state index contributed by atoms with van der Waals surface area (Å²) < 4.78 is 0. The van der Waals surface area contributed by atoms with Crippen molar-refractivity contribution < 1.29 is 14.7 Å². The molecule has 2 aliphatic heterocycles. The fraction of sp³-hybridized carbons (Fsp3) is 0.500. The summed E-state index contributed by atoms with van der Waals surface area (Å²) in [5.41, 5.74) is 0.841. The molecule has 0 spiro atoms. The van der Waals surface area contributed by atoms with Crippen LogP contribution in [0, 0.1) is 0 Å². The maximum absolute atomic E-state index is 11.2. The van der Waals surface area contributed by atoms with Gasteiger partial charge in [0.05, 0.1) is 17.5 Å². The molecular formula is C8H11N2O3S+. The Balaban J connectivity index is 2.40. The molecule has 1 saturated heterocycles. The molecule has 1 unspecified atom stereocenters. The molecule has 0 bridgehead atoms. The lowest BCUT2D eigenvalue weighted by Gasteiger charge is -2.40. The van der Waals surface area contributed by atoms with Crippen LogP contribution < -0.4 is 5.14 Å². The lowest BCUT2D eigenvalue weighted by molar-refractivity contribution is -0.146. The van der Waals surface area contributed by atoms with Crippen LogP contribution in [0.2, 0.25) is 0 Å². The number of aliphatic carboxylic acids is 1. The fourth-order valence-electron chi connectivity index (χ4n) is 1.80. The third-order valence-electron chi connectivity index (χ3n) is 2.49. The molecule has 6 heteroatoms. The molecule has 2 rings (SSSR count). The molecule has 2 atom stereocenters. The minimum absolute atomic E-state index is 0.0719. The highest BCUT2D eigenvalue weighted by atomic mass is 32.2. The first-order valence-corrected chi connectivity index (χ1v) is 5.73. The standard InChI is InChI=1S/C8H10N2O3S/c1-4-3-14(9)6-2-5(11)10(6)7(4)8(12)13/h6H,2-3,9H2,1H3/p+1/t6-,14?/m1/s1. The van der Waals surface area contributed by atoms with Crippen LogP contribution in [0.1, 0.15) is 13.3 Å². The molecule has 0 aromatic rings. The Morgan fingerprint density at radius 1 is 1.71 bits per heavy atom. The second kappa shape index (κ2) is 2.99. The Hall–Kier alpha value is -1.01. The first-order chi connectivity index (χ1) is 6.52. The summed E-state index contributed by atoms with van der Waals surface area (Å²) >= 11 is -0.382. The lowest BCUT2D eigenvalue weighted by atomic mass is 10.1. The van der Waals surface area contributed by atoms with E-state index in [2.05, 4.69) is 0 Å². The molecule has 1 amide bonds. The minimum Gasteiger partial charge on any atom is -0.477 e. The van der Waals surface area contributed by atoms with E-state index in [1.54, 1.807) is 6.92 Å². The van der Waals surface area contributed by atoms with E-state index in [1.807, 2.05) is 0 Å². The maximum Gasteiger partial charge on any atom is 0.352 e. The largest absolute Gasteiger partial charge is 0.477 e. The van der Waals surface area contributed by atoms with Crippen molar-refractivity contribution in [2.75, 3.05) is 5.75 Å². The lowest BCUT2D eigenvalue weighted by Crippen LogP contribution is -2.62. The van der Waals surface area contributed by atoms with Gasteiger partial charge in [-0.25, -0.2) is 4.79 Å².